The third-order valence-electron chi connectivity index (χ3n) is 2.36. The van der Waals surface area contributed by atoms with Crippen molar-refractivity contribution < 1.29 is 4.39 Å². The zero-order chi connectivity index (χ0) is 12.3. The first kappa shape index (κ1) is 11.6. The van der Waals surface area contributed by atoms with Gasteiger partial charge in [-0.15, -0.1) is 0 Å². The van der Waals surface area contributed by atoms with Crippen molar-refractivity contribution in [3.05, 3.63) is 64.7 Å². The molecule has 1 unspecified atom stereocenters. The van der Waals surface area contributed by atoms with Crippen molar-refractivity contribution in [1.29, 1.82) is 5.26 Å². The number of halogens is 2. The molecule has 2 rings (SSSR count). The van der Waals surface area contributed by atoms with Crippen LogP contribution in [0.2, 0.25) is 5.15 Å². The molecule has 84 valence electrons. The predicted molar refractivity (Wildman–Crippen MR) is 63.1 cm³/mol. The predicted octanol–water partition coefficient (Wildman–Crippen LogP) is 3.53. The Morgan fingerprint density at radius 1 is 1.18 bits per heavy atom. The lowest BCUT2D eigenvalue weighted by atomic mass is 9.97. The lowest BCUT2D eigenvalue weighted by molar-refractivity contribution is 0.627. The van der Waals surface area contributed by atoms with Crippen molar-refractivity contribution in [3.63, 3.8) is 0 Å². The van der Waals surface area contributed by atoms with Crippen molar-refractivity contribution in [2.24, 2.45) is 0 Å². The highest BCUT2D eigenvalue weighted by Crippen LogP contribution is 2.23. The van der Waals surface area contributed by atoms with Gasteiger partial charge in [0.2, 0.25) is 0 Å². The highest BCUT2D eigenvalue weighted by molar-refractivity contribution is 6.29. The number of nitrogens with zero attached hydrogens (tertiary/aromatic N) is 2. The topological polar surface area (TPSA) is 36.7 Å². The second-order valence-corrected chi connectivity index (χ2v) is 3.89. The first-order valence-electron chi connectivity index (χ1n) is 4.98. The molecule has 0 saturated heterocycles. The van der Waals surface area contributed by atoms with Gasteiger partial charge in [-0.3, -0.25) is 0 Å². The van der Waals surface area contributed by atoms with Gasteiger partial charge in [0.15, 0.2) is 0 Å². The molecule has 2 nitrogen and oxygen atoms in total. The molecule has 0 aliphatic heterocycles. The molecule has 0 radical (unpaired) electrons. The van der Waals surface area contributed by atoms with Gasteiger partial charge in [0.25, 0.3) is 0 Å². The summed E-state index contributed by atoms with van der Waals surface area (Å²) in [6, 6.07) is 13.0. The summed E-state index contributed by atoms with van der Waals surface area (Å²) in [5.41, 5.74) is 1.26. The number of hydrogen-bond donors (Lipinski definition) is 0. The molecule has 0 saturated carbocycles. The smallest absolute Gasteiger partial charge is 0.129 e. The Bertz CT molecular complexity index is 560. The molecule has 1 aromatic heterocycles. The number of benzene rings is 1. The van der Waals surface area contributed by atoms with Crippen LogP contribution < -0.4 is 0 Å². The first-order chi connectivity index (χ1) is 8.20. The van der Waals surface area contributed by atoms with Gasteiger partial charge in [-0.05, 0) is 29.8 Å². The van der Waals surface area contributed by atoms with Gasteiger partial charge < -0.3 is 0 Å². The van der Waals surface area contributed by atoms with Gasteiger partial charge in [0, 0.05) is 0 Å². The van der Waals surface area contributed by atoms with Gasteiger partial charge in [0.05, 0.1) is 11.8 Å². The molecular weight excluding hydrogens is 239 g/mol. The van der Waals surface area contributed by atoms with Crippen LogP contribution in [0.25, 0.3) is 0 Å². The molecule has 1 aromatic carbocycles. The molecule has 1 atom stereocenters. The molecule has 0 fully saturated rings. The average molecular weight is 247 g/mol. The maximum atomic E-state index is 12.8. The minimum absolute atomic E-state index is 0.329. The Kier molecular flexibility index (Phi) is 3.36. The molecule has 0 bridgehead atoms. The Morgan fingerprint density at radius 3 is 2.47 bits per heavy atom. The largest absolute Gasteiger partial charge is 0.239 e. The van der Waals surface area contributed by atoms with Crippen LogP contribution in [-0.4, -0.2) is 4.98 Å². The number of aromatic nitrogens is 1. The SMILES string of the molecule is N#CC(c1ccc(F)cc1)c1cccc(Cl)n1. The molecule has 17 heavy (non-hydrogen) atoms. The minimum Gasteiger partial charge on any atom is -0.239 e. The fourth-order valence-corrected chi connectivity index (χ4v) is 1.72. The molecule has 0 amide bonds. The number of nitriles is 1. The van der Waals surface area contributed by atoms with Gasteiger partial charge in [-0.1, -0.05) is 29.8 Å². The molecular formula is C13H8ClFN2. The zero-order valence-electron chi connectivity index (χ0n) is 8.77. The van der Waals surface area contributed by atoms with E-state index in [0.717, 1.165) is 0 Å². The maximum Gasteiger partial charge on any atom is 0.129 e. The summed E-state index contributed by atoms with van der Waals surface area (Å²) in [4.78, 5) is 4.09. The van der Waals surface area contributed by atoms with E-state index < -0.39 is 5.92 Å². The van der Waals surface area contributed by atoms with Crippen LogP contribution in [0, 0.1) is 17.1 Å². The standard InChI is InChI=1S/C13H8ClFN2/c14-13-3-1-2-12(17-13)11(8-16)9-4-6-10(15)7-5-9/h1-7,11H. The van der Waals surface area contributed by atoms with Crippen molar-refractivity contribution in [1.82, 2.24) is 4.98 Å². The van der Waals surface area contributed by atoms with Crippen LogP contribution in [0.3, 0.4) is 0 Å². The van der Waals surface area contributed by atoms with E-state index >= 15 is 0 Å². The van der Waals surface area contributed by atoms with Crippen molar-refractivity contribution >= 4 is 11.6 Å². The molecule has 0 aliphatic rings. The van der Waals surface area contributed by atoms with Gasteiger partial charge in [0.1, 0.15) is 16.9 Å². The minimum atomic E-state index is -0.533. The Hall–Kier alpha value is -1.92. The first-order valence-corrected chi connectivity index (χ1v) is 5.36. The Balaban J connectivity index is 2.41. The van der Waals surface area contributed by atoms with E-state index in [9.17, 15) is 4.39 Å². The quantitative estimate of drug-likeness (QED) is 0.760. The van der Waals surface area contributed by atoms with Crippen LogP contribution in [-0.2, 0) is 0 Å². The lowest BCUT2D eigenvalue weighted by Crippen LogP contribution is -2.01. The summed E-state index contributed by atoms with van der Waals surface area (Å²) in [5, 5.41) is 9.50. The molecule has 0 spiro atoms. The highest BCUT2D eigenvalue weighted by atomic mass is 35.5. The zero-order valence-corrected chi connectivity index (χ0v) is 9.53. The molecule has 0 aliphatic carbocycles. The van der Waals surface area contributed by atoms with Crippen LogP contribution in [0.5, 0.6) is 0 Å². The summed E-state index contributed by atoms with van der Waals surface area (Å²) in [5.74, 6) is -0.862. The summed E-state index contributed by atoms with van der Waals surface area (Å²) in [6.45, 7) is 0. The summed E-state index contributed by atoms with van der Waals surface area (Å²) >= 11 is 5.78. The normalized spacial score (nSPS) is 11.8. The summed E-state index contributed by atoms with van der Waals surface area (Å²) in [7, 11) is 0. The van der Waals surface area contributed by atoms with Gasteiger partial charge >= 0.3 is 0 Å². The fraction of sp³-hybridized carbons (Fsp3) is 0.0769. The van der Waals surface area contributed by atoms with Crippen LogP contribution >= 0.6 is 11.6 Å². The third kappa shape index (κ3) is 2.61. The van der Waals surface area contributed by atoms with Crippen LogP contribution in [0.1, 0.15) is 17.2 Å². The lowest BCUT2D eigenvalue weighted by Gasteiger charge is -2.08. The molecule has 2 aromatic rings. The molecule has 4 heteroatoms. The van der Waals surface area contributed by atoms with Crippen LogP contribution in [0.4, 0.5) is 4.39 Å². The van der Waals surface area contributed by atoms with Crippen LogP contribution in [0.15, 0.2) is 42.5 Å². The third-order valence-corrected chi connectivity index (χ3v) is 2.58. The van der Waals surface area contributed by atoms with Crippen molar-refractivity contribution in [2.45, 2.75) is 5.92 Å². The number of pyridine rings is 1. The summed E-state index contributed by atoms with van der Waals surface area (Å²) in [6.07, 6.45) is 0. The maximum absolute atomic E-state index is 12.8. The van der Waals surface area contributed by atoms with Crippen molar-refractivity contribution in [3.8, 4) is 6.07 Å². The van der Waals surface area contributed by atoms with Crippen molar-refractivity contribution in [2.75, 3.05) is 0 Å². The van der Waals surface area contributed by atoms with E-state index in [-0.39, 0.29) is 5.82 Å². The Morgan fingerprint density at radius 2 is 1.88 bits per heavy atom. The summed E-state index contributed by atoms with van der Waals surface area (Å²) < 4.78 is 12.8. The Labute approximate surface area is 103 Å². The van der Waals surface area contributed by atoms with Gasteiger partial charge in [-0.25, -0.2) is 9.37 Å². The highest BCUT2D eigenvalue weighted by Gasteiger charge is 2.14. The monoisotopic (exact) mass is 246 g/mol. The second-order valence-electron chi connectivity index (χ2n) is 3.50. The number of rotatable bonds is 2. The van der Waals surface area contributed by atoms with E-state index in [1.807, 2.05) is 0 Å². The molecule has 1 heterocycles. The van der Waals surface area contributed by atoms with Gasteiger partial charge in [-0.2, -0.15) is 5.26 Å². The van der Waals surface area contributed by atoms with E-state index in [1.165, 1.54) is 12.1 Å². The fourth-order valence-electron chi connectivity index (χ4n) is 1.55. The average Bonchev–Trinajstić information content (AvgIpc) is 2.33. The van der Waals surface area contributed by atoms with E-state index in [2.05, 4.69) is 11.1 Å². The second kappa shape index (κ2) is 4.94. The van der Waals surface area contributed by atoms with E-state index in [4.69, 9.17) is 16.9 Å². The van der Waals surface area contributed by atoms with E-state index in [0.29, 0.717) is 16.4 Å². The number of hydrogen-bond acceptors (Lipinski definition) is 2. The molecule has 0 N–H and O–H groups in total. The van der Waals surface area contributed by atoms with E-state index in [1.54, 1.807) is 30.3 Å².